The monoisotopic (exact) mass is 256 g/mol. The molecule has 0 radical (unpaired) electrons. The average Bonchev–Trinajstić information content (AvgIpc) is 2.40. The summed E-state index contributed by atoms with van der Waals surface area (Å²) in [7, 11) is 0. The van der Waals surface area contributed by atoms with Gasteiger partial charge < -0.3 is 15.3 Å². The largest absolute Gasteiger partial charge is 0.507 e. The number of phenols is 3. The fraction of sp³-hybridized carbons (Fsp3) is 0. The number of aromatic hydroxyl groups is 3. The molecule has 4 heteroatoms. The van der Waals surface area contributed by atoms with Crippen LogP contribution in [-0.2, 0) is 0 Å². The fourth-order valence-electron chi connectivity index (χ4n) is 1.57. The normalized spacial score (nSPS) is 10.7. The molecule has 2 aromatic rings. The van der Waals surface area contributed by atoms with Crippen LogP contribution in [0.2, 0.25) is 0 Å². The average molecular weight is 256 g/mol. The summed E-state index contributed by atoms with van der Waals surface area (Å²) in [6.07, 6.45) is 2.78. The van der Waals surface area contributed by atoms with Gasteiger partial charge in [-0.1, -0.05) is 18.2 Å². The lowest BCUT2D eigenvalue weighted by Crippen LogP contribution is -1.93. The van der Waals surface area contributed by atoms with Gasteiger partial charge in [0.15, 0.2) is 17.3 Å². The second kappa shape index (κ2) is 5.27. The van der Waals surface area contributed by atoms with E-state index in [1.165, 1.54) is 36.4 Å². The van der Waals surface area contributed by atoms with Gasteiger partial charge in [-0.25, -0.2) is 0 Å². The van der Waals surface area contributed by atoms with E-state index in [1.54, 1.807) is 18.2 Å². The molecule has 0 amide bonds. The Morgan fingerprint density at radius 2 is 1.63 bits per heavy atom. The number of phenolic OH excluding ortho intramolecular Hbond substituents is 3. The Hall–Kier alpha value is -2.75. The maximum Gasteiger partial charge on any atom is 0.185 e. The molecule has 0 aliphatic heterocycles. The first-order valence-corrected chi connectivity index (χ1v) is 5.60. The lowest BCUT2D eigenvalue weighted by atomic mass is 10.1. The van der Waals surface area contributed by atoms with E-state index in [0.717, 1.165) is 0 Å². The Kier molecular flexibility index (Phi) is 3.52. The van der Waals surface area contributed by atoms with Gasteiger partial charge in [-0.15, -0.1) is 0 Å². The SMILES string of the molecule is O=C(C=Cc1ccccc1O)c1ccc(O)c(O)c1. The molecule has 4 nitrogen and oxygen atoms in total. The topological polar surface area (TPSA) is 77.8 Å². The first kappa shape index (κ1) is 12.7. The zero-order valence-electron chi connectivity index (χ0n) is 9.95. The van der Waals surface area contributed by atoms with Crippen LogP contribution in [0.3, 0.4) is 0 Å². The van der Waals surface area contributed by atoms with E-state index in [2.05, 4.69) is 0 Å². The highest BCUT2D eigenvalue weighted by atomic mass is 16.3. The molecule has 96 valence electrons. The van der Waals surface area contributed by atoms with Crippen molar-refractivity contribution in [3.8, 4) is 17.2 Å². The molecule has 2 aromatic carbocycles. The number of rotatable bonds is 3. The van der Waals surface area contributed by atoms with E-state index in [9.17, 15) is 15.0 Å². The molecule has 19 heavy (non-hydrogen) atoms. The molecule has 0 heterocycles. The van der Waals surface area contributed by atoms with Gasteiger partial charge in [-0.2, -0.15) is 0 Å². The van der Waals surface area contributed by atoms with Gasteiger partial charge in [0, 0.05) is 11.1 Å². The lowest BCUT2D eigenvalue weighted by molar-refractivity contribution is 0.104. The smallest absolute Gasteiger partial charge is 0.185 e. The molecule has 0 atom stereocenters. The summed E-state index contributed by atoms with van der Waals surface area (Å²) in [5.41, 5.74) is 0.779. The molecule has 0 bridgehead atoms. The molecular formula is C15H12O4. The van der Waals surface area contributed by atoms with E-state index < -0.39 is 0 Å². The molecule has 0 fully saturated rings. The summed E-state index contributed by atoms with van der Waals surface area (Å²) in [4.78, 5) is 11.8. The Balaban J connectivity index is 2.21. The summed E-state index contributed by atoms with van der Waals surface area (Å²) >= 11 is 0. The van der Waals surface area contributed by atoms with Crippen molar-refractivity contribution in [3.63, 3.8) is 0 Å². The van der Waals surface area contributed by atoms with Crippen LogP contribution in [0.5, 0.6) is 17.2 Å². The van der Waals surface area contributed by atoms with E-state index in [1.807, 2.05) is 0 Å². The summed E-state index contributed by atoms with van der Waals surface area (Å²) < 4.78 is 0. The number of carbonyl (C=O) groups excluding carboxylic acids is 1. The summed E-state index contributed by atoms with van der Waals surface area (Å²) in [6.45, 7) is 0. The fourth-order valence-corrected chi connectivity index (χ4v) is 1.57. The maximum absolute atomic E-state index is 11.8. The standard InChI is InChI=1S/C15H12O4/c16-12-4-2-1-3-10(12)5-7-13(17)11-6-8-14(18)15(19)9-11/h1-9,16,18-19H. The first-order chi connectivity index (χ1) is 9.08. The molecule has 0 aliphatic carbocycles. The van der Waals surface area contributed by atoms with Crippen LogP contribution < -0.4 is 0 Å². The van der Waals surface area contributed by atoms with Gasteiger partial charge in [-0.05, 0) is 36.4 Å². The first-order valence-electron chi connectivity index (χ1n) is 5.60. The van der Waals surface area contributed by atoms with Gasteiger partial charge in [0.2, 0.25) is 0 Å². The van der Waals surface area contributed by atoms with Crippen LogP contribution >= 0.6 is 0 Å². The number of allylic oxidation sites excluding steroid dienone is 1. The Bertz CT molecular complexity index is 644. The second-order valence-corrected chi connectivity index (χ2v) is 3.96. The highest BCUT2D eigenvalue weighted by molar-refractivity contribution is 6.07. The molecule has 0 saturated heterocycles. The van der Waals surface area contributed by atoms with E-state index in [0.29, 0.717) is 5.56 Å². The highest BCUT2D eigenvalue weighted by Gasteiger charge is 2.06. The van der Waals surface area contributed by atoms with Gasteiger partial charge in [0.25, 0.3) is 0 Å². The van der Waals surface area contributed by atoms with Crippen molar-refractivity contribution in [1.82, 2.24) is 0 Å². The Labute approximate surface area is 109 Å². The van der Waals surface area contributed by atoms with Gasteiger partial charge in [-0.3, -0.25) is 4.79 Å². The minimum atomic E-state index is -0.346. The number of para-hydroxylation sites is 1. The van der Waals surface area contributed by atoms with Crippen molar-refractivity contribution in [2.45, 2.75) is 0 Å². The van der Waals surface area contributed by atoms with Crippen molar-refractivity contribution in [2.24, 2.45) is 0 Å². The zero-order valence-corrected chi connectivity index (χ0v) is 9.95. The minimum absolute atomic E-state index is 0.0834. The molecule has 0 aromatic heterocycles. The van der Waals surface area contributed by atoms with Crippen LogP contribution in [-0.4, -0.2) is 21.1 Å². The Morgan fingerprint density at radius 1 is 0.895 bits per heavy atom. The van der Waals surface area contributed by atoms with Gasteiger partial charge >= 0.3 is 0 Å². The lowest BCUT2D eigenvalue weighted by Gasteiger charge is -2.00. The number of hydrogen-bond acceptors (Lipinski definition) is 4. The number of benzene rings is 2. The third-order valence-corrected chi connectivity index (χ3v) is 2.61. The van der Waals surface area contributed by atoms with Gasteiger partial charge in [0.1, 0.15) is 5.75 Å². The molecule has 0 spiro atoms. The third-order valence-electron chi connectivity index (χ3n) is 2.61. The third kappa shape index (κ3) is 2.93. The maximum atomic E-state index is 11.8. The van der Waals surface area contributed by atoms with Crippen molar-refractivity contribution < 1.29 is 20.1 Å². The van der Waals surface area contributed by atoms with Crippen LogP contribution in [0.4, 0.5) is 0 Å². The molecule has 3 N–H and O–H groups in total. The van der Waals surface area contributed by atoms with Crippen molar-refractivity contribution in [2.75, 3.05) is 0 Å². The summed E-state index contributed by atoms with van der Waals surface area (Å²) in [6, 6.07) is 10.5. The van der Waals surface area contributed by atoms with Crippen LogP contribution in [0, 0.1) is 0 Å². The quantitative estimate of drug-likeness (QED) is 0.448. The summed E-state index contributed by atoms with van der Waals surface area (Å²) in [5.74, 6) is -0.873. The molecule has 2 rings (SSSR count). The van der Waals surface area contributed by atoms with Crippen molar-refractivity contribution in [1.29, 1.82) is 0 Å². The highest BCUT2D eigenvalue weighted by Crippen LogP contribution is 2.25. The van der Waals surface area contributed by atoms with Crippen LogP contribution in [0.1, 0.15) is 15.9 Å². The zero-order chi connectivity index (χ0) is 13.8. The molecular weight excluding hydrogens is 244 g/mol. The molecule has 0 saturated carbocycles. The number of ketones is 1. The van der Waals surface area contributed by atoms with E-state index in [4.69, 9.17) is 5.11 Å². The van der Waals surface area contributed by atoms with Gasteiger partial charge in [0.05, 0.1) is 0 Å². The van der Waals surface area contributed by atoms with Crippen LogP contribution in [0.25, 0.3) is 6.08 Å². The number of carbonyl (C=O) groups is 1. The van der Waals surface area contributed by atoms with E-state index >= 15 is 0 Å². The molecule has 0 aliphatic rings. The van der Waals surface area contributed by atoms with Crippen molar-refractivity contribution >= 4 is 11.9 Å². The van der Waals surface area contributed by atoms with E-state index in [-0.39, 0.29) is 28.6 Å². The van der Waals surface area contributed by atoms with Crippen molar-refractivity contribution in [3.05, 3.63) is 59.7 Å². The van der Waals surface area contributed by atoms with Crippen LogP contribution in [0.15, 0.2) is 48.5 Å². The predicted octanol–water partition coefficient (Wildman–Crippen LogP) is 2.70. The second-order valence-electron chi connectivity index (χ2n) is 3.96. The predicted molar refractivity (Wildman–Crippen MR) is 71.2 cm³/mol. The Morgan fingerprint density at radius 3 is 2.32 bits per heavy atom. The number of hydrogen-bond donors (Lipinski definition) is 3. The molecule has 0 unspecified atom stereocenters. The minimum Gasteiger partial charge on any atom is -0.507 e. The summed E-state index contributed by atoms with van der Waals surface area (Å²) in [5, 5.41) is 28.0.